The van der Waals surface area contributed by atoms with E-state index in [-0.39, 0.29) is 18.6 Å². The first-order valence-corrected chi connectivity index (χ1v) is 5.28. The average Bonchev–Trinajstić information content (AvgIpc) is 2.65. The van der Waals surface area contributed by atoms with Crippen molar-refractivity contribution < 1.29 is 9.47 Å². The van der Waals surface area contributed by atoms with Gasteiger partial charge in [-0.1, -0.05) is 12.1 Å². The second-order valence-corrected chi connectivity index (χ2v) is 3.94. The molecule has 1 heterocycles. The normalized spacial score (nSPS) is 23.9. The summed E-state index contributed by atoms with van der Waals surface area (Å²) in [7, 11) is 1.68. The number of hydrogen-bond donors (Lipinski definition) is 1. The van der Waals surface area contributed by atoms with Gasteiger partial charge >= 0.3 is 0 Å². The number of nitrogens with one attached hydrogen (secondary N) is 1. The van der Waals surface area contributed by atoms with E-state index in [1.165, 1.54) is 5.56 Å². The molecule has 0 bridgehead atoms. The molecule has 3 nitrogen and oxygen atoms in total. The third kappa shape index (κ3) is 3.37. The van der Waals surface area contributed by atoms with Crippen molar-refractivity contribution >= 4 is 12.4 Å². The molecule has 0 radical (unpaired) electrons. The molecule has 1 aliphatic heterocycles. The van der Waals surface area contributed by atoms with Gasteiger partial charge in [-0.05, 0) is 24.6 Å². The Morgan fingerprint density at radius 1 is 1.38 bits per heavy atom. The third-order valence-corrected chi connectivity index (χ3v) is 2.60. The minimum atomic E-state index is 0. The lowest BCUT2D eigenvalue weighted by atomic mass is 10.1. The van der Waals surface area contributed by atoms with Gasteiger partial charge < -0.3 is 9.47 Å². The minimum Gasteiger partial charge on any atom is -0.497 e. The van der Waals surface area contributed by atoms with Crippen LogP contribution in [0.4, 0.5) is 0 Å². The third-order valence-electron chi connectivity index (χ3n) is 2.60. The monoisotopic (exact) mass is 243 g/mol. The van der Waals surface area contributed by atoms with E-state index in [1.807, 2.05) is 12.1 Å². The average molecular weight is 244 g/mol. The Morgan fingerprint density at radius 3 is 2.56 bits per heavy atom. The summed E-state index contributed by atoms with van der Waals surface area (Å²) in [4.78, 5) is 0. The fourth-order valence-electron chi connectivity index (χ4n) is 1.77. The van der Waals surface area contributed by atoms with Gasteiger partial charge in [0.25, 0.3) is 0 Å². The molecule has 0 saturated carbocycles. The number of hydrogen-bond acceptors (Lipinski definition) is 3. The van der Waals surface area contributed by atoms with Crippen molar-refractivity contribution in [2.45, 2.75) is 25.6 Å². The van der Waals surface area contributed by atoms with Crippen LogP contribution in [0.1, 0.15) is 12.5 Å². The lowest BCUT2D eigenvalue weighted by molar-refractivity contribution is 0.101. The molecule has 0 aromatic heterocycles. The fourth-order valence-corrected chi connectivity index (χ4v) is 1.77. The summed E-state index contributed by atoms with van der Waals surface area (Å²) in [5.74, 6) is 0.896. The molecule has 1 aromatic rings. The van der Waals surface area contributed by atoms with Crippen LogP contribution in [0.25, 0.3) is 0 Å². The Bertz CT molecular complexity index is 315. The maximum atomic E-state index is 5.58. The number of ether oxygens (including phenoxy) is 2. The summed E-state index contributed by atoms with van der Waals surface area (Å²) in [5, 5.41) is 3.38. The van der Waals surface area contributed by atoms with Gasteiger partial charge in [-0.15, -0.1) is 12.4 Å². The summed E-state index contributed by atoms with van der Waals surface area (Å²) in [6, 6.07) is 8.58. The molecule has 0 aliphatic carbocycles. The maximum Gasteiger partial charge on any atom is 0.118 e. The van der Waals surface area contributed by atoms with E-state index in [4.69, 9.17) is 9.47 Å². The summed E-state index contributed by atoms with van der Waals surface area (Å²) in [6.07, 6.45) is 1.07. The van der Waals surface area contributed by atoms with Gasteiger partial charge in [-0.25, -0.2) is 0 Å². The molecule has 1 fully saturated rings. The number of methoxy groups -OCH3 is 1. The van der Waals surface area contributed by atoms with Crippen molar-refractivity contribution in [3.8, 4) is 5.75 Å². The first-order chi connectivity index (χ1) is 7.28. The zero-order valence-electron chi connectivity index (χ0n) is 9.60. The van der Waals surface area contributed by atoms with Crippen LogP contribution < -0.4 is 10.1 Å². The Balaban J connectivity index is 0.00000128. The molecule has 0 spiro atoms. The molecule has 1 N–H and O–H groups in total. The molecule has 2 rings (SSSR count). The highest BCUT2D eigenvalue weighted by atomic mass is 35.5. The number of benzene rings is 1. The van der Waals surface area contributed by atoms with Crippen molar-refractivity contribution in [3.05, 3.63) is 29.8 Å². The molecule has 90 valence electrons. The molecule has 16 heavy (non-hydrogen) atoms. The summed E-state index contributed by atoms with van der Waals surface area (Å²) >= 11 is 0. The van der Waals surface area contributed by atoms with Gasteiger partial charge in [-0.2, -0.15) is 0 Å². The van der Waals surface area contributed by atoms with E-state index in [2.05, 4.69) is 24.4 Å². The SMILES string of the molecule is COc1ccc(CC2NC(C)CO2)cc1.Cl. The van der Waals surface area contributed by atoms with Crippen LogP contribution in [0.15, 0.2) is 24.3 Å². The predicted molar refractivity (Wildman–Crippen MR) is 66.3 cm³/mol. The van der Waals surface area contributed by atoms with Gasteiger partial charge in [0.15, 0.2) is 0 Å². The molecule has 1 aromatic carbocycles. The zero-order chi connectivity index (χ0) is 10.7. The van der Waals surface area contributed by atoms with Gasteiger partial charge in [0, 0.05) is 12.5 Å². The van der Waals surface area contributed by atoms with E-state index < -0.39 is 0 Å². The molecule has 4 heteroatoms. The molecule has 1 saturated heterocycles. The molecule has 1 aliphatic rings. The maximum absolute atomic E-state index is 5.58. The summed E-state index contributed by atoms with van der Waals surface area (Å²) < 4.78 is 10.7. The highest BCUT2D eigenvalue weighted by Gasteiger charge is 2.20. The lowest BCUT2D eigenvalue weighted by Gasteiger charge is -2.10. The van der Waals surface area contributed by atoms with Crippen molar-refractivity contribution in [1.82, 2.24) is 5.32 Å². The fraction of sp³-hybridized carbons (Fsp3) is 0.500. The Hall–Kier alpha value is -0.770. The highest BCUT2D eigenvalue weighted by molar-refractivity contribution is 5.85. The second-order valence-electron chi connectivity index (χ2n) is 3.94. The van der Waals surface area contributed by atoms with E-state index in [0.717, 1.165) is 18.8 Å². The van der Waals surface area contributed by atoms with Crippen molar-refractivity contribution in [2.24, 2.45) is 0 Å². The molecule has 2 unspecified atom stereocenters. The van der Waals surface area contributed by atoms with Crippen LogP contribution in [-0.2, 0) is 11.2 Å². The van der Waals surface area contributed by atoms with E-state index in [0.29, 0.717) is 6.04 Å². The van der Waals surface area contributed by atoms with E-state index in [9.17, 15) is 0 Å². The van der Waals surface area contributed by atoms with E-state index >= 15 is 0 Å². The van der Waals surface area contributed by atoms with E-state index in [1.54, 1.807) is 7.11 Å². The molecule has 0 amide bonds. The van der Waals surface area contributed by atoms with Crippen molar-refractivity contribution in [2.75, 3.05) is 13.7 Å². The van der Waals surface area contributed by atoms with Crippen LogP contribution in [0.2, 0.25) is 0 Å². The predicted octanol–water partition coefficient (Wildman–Crippen LogP) is 1.99. The van der Waals surface area contributed by atoms with Gasteiger partial charge in [0.05, 0.1) is 13.7 Å². The molecular formula is C12H18ClNO2. The minimum absolute atomic E-state index is 0. The van der Waals surface area contributed by atoms with Gasteiger partial charge in [0.2, 0.25) is 0 Å². The highest BCUT2D eigenvalue weighted by Crippen LogP contribution is 2.14. The number of rotatable bonds is 3. The van der Waals surface area contributed by atoms with Crippen molar-refractivity contribution in [3.63, 3.8) is 0 Å². The lowest BCUT2D eigenvalue weighted by Crippen LogP contribution is -2.29. The summed E-state index contributed by atoms with van der Waals surface area (Å²) in [5.41, 5.74) is 1.27. The van der Waals surface area contributed by atoms with Gasteiger partial charge in [-0.3, -0.25) is 5.32 Å². The van der Waals surface area contributed by atoms with Crippen LogP contribution >= 0.6 is 12.4 Å². The Morgan fingerprint density at radius 2 is 2.06 bits per heavy atom. The van der Waals surface area contributed by atoms with Crippen LogP contribution in [0, 0.1) is 0 Å². The summed E-state index contributed by atoms with van der Waals surface area (Å²) in [6.45, 7) is 2.94. The largest absolute Gasteiger partial charge is 0.497 e. The van der Waals surface area contributed by atoms with Crippen molar-refractivity contribution in [1.29, 1.82) is 0 Å². The standard InChI is InChI=1S/C12H17NO2.ClH/c1-9-8-15-12(13-9)7-10-3-5-11(14-2)6-4-10;/h3-6,9,12-13H,7-8H2,1-2H3;1H. The quantitative estimate of drug-likeness (QED) is 0.881. The van der Waals surface area contributed by atoms with Crippen LogP contribution in [0.3, 0.4) is 0 Å². The molecule has 2 atom stereocenters. The zero-order valence-corrected chi connectivity index (χ0v) is 10.4. The van der Waals surface area contributed by atoms with Crippen LogP contribution in [-0.4, -0.2) is 26.0 Å². The number of halogens is 1. The Labute approximate surface area is 103 Å². The van der Waals surface area contributed by atoms with Gasteiger partial charge in [0.1, 0.15) is 12.0 Å². The molecular weight excluding hydrogens is 226 g/mol. The smallest absolute Gasteiger partial charge is 0.118 e. The second kappa shape index (κ2) is 6.09. The topological polar surface area (TPSA) is 30.5 Å². The first-order valence-electron chi connectivity index (χ1n) is 5.28. The Kier molecular flexibility index (Phi) is 5.06. The first kappa shape index (κ1) is 13.3. The van der Waals surface area contributed by atoms with Crippen LogP contribution in [0.5, 0.6) is 5.75 Å².